The first-order valence-electron chi connectivity index (χ1n) is 7.23. The minimum atomic E-state index is 0.472. The molecule has 0 amide bonds. The summed E-state index contributed by atoms with van der Waals surface area (Å²) >= 11 is 0. The van der Waals surface area contributed by atoms with Crippen LogP contribution in [0.25, 0.3) is 10.9 Å². The molecule has 3 rings (SSSR count). The number of nitrogens with two attached hydrogens (primary N) is 1. The highest BCUT2D eigenvalue weighted by atomic mass is 15.1. The number of benzene rings is 1. The number of nitrogens with zero attached hydrogens (tertiary/aromatic N) is 2. The van der Waals surface area contributed by atoms with Crippen molar-refractivity contribution in [2.24, 2.45) is 5.92 Å². The summed E-state index contributed by atoms with van der Waals surface area (Å²) in [6.07, 6.45) is 2.90. The molecular weight excluding hydrogens is 248 g/mol. The van der Waals surface area contributed by atoms with E-state index in [9.17, 15) is 0 Å². The van der Waals surface area contributed by atoms with Crippen LogP contribution in [0.15, 0.2) is 30.5 Å². The van der Waals surface area contributed by atoms with Crippen LogP contribution in [0.4, 0.5) is 11.4 Å². The molecule has 1 aliphatic rings. The zero-order chi connectivity index (χ0) is 14.1. The number of nitrogen functional groups attached to an aromatic ring is 1. The highest BCUT2D eigenvalue weighted by Crippen LogP contribution is 2.30. The van der Waals surface area contributed by atoms with Gasteiger partial charge < -0.3 is 16.0 Å². The Morgan fingerprint density at radius 2 is 2.15 bits per heavy atom. The van der Waals surface area contributed by atoms with Gasteiger partial charge in [0.2, 0.25) is 0 Å². The van der Waals surface area contributed by atoms with Gasteiger partial charge in [0.25, 0.3) is 0 Å². The lowest BCUT2D eigenvalue weighted by Gasteiger charge is -2.36. The Morgan fingerprint density at radius 3 is 2.95 bits per heavy atom. The van der Waals surface area contributed by atoms with Gasteiger partial charge in [0.05, 0.1) is 23.1 Å². The van der Waals surface area contributed by atoms with Crippen molar-refractivity contribution >= 4 is 22.3 Å². The zero-order valence-electron chi connectivity index (χ0n) is 12.1. The standard InChI is InChI=1S/C16H22N4/c1-11-10-20(2)8-7-14(11)19-16-12-5-3-4-6-15(12)18-9-13(16)17/h3-6,9,11,14H,7-8,10,17H2,1-2H3,(H,18,19). The summed E-state index contributed by atoms with van der Waals surface area (Å²) in [6.45, 7) is 4.55. The monoisotopic (exact) mass is 270 g/mol. The minimum Gasteiger partial charge on any atom is -0.396 e. The number of piperidine rings is 1. The fourth-order valence-electron chi connectivity index (χ4n) is 3.07. The number of hydrogen-bond donors (Lipinski definition) is 2. The van der Waals surface area contributed by atoms with Gasteiger partial charge in [0.1, 0.15) is 0 Å². The summed E-state index contributed by atoms with van der Waals surface area (Å²) in [7, 11) is 2.18. The van der Waals surface area contributed by atoms with Crippen molar-refractivity contribution in [2.45, 2.75) is 19.4 Å². The van der Waals surface area contributed by atoms with E-state index in [-0.39, 0.29) is 0 Å². The Morgan fingerprint density at radius 1 is 1.35 bits per heavy atom. The van der Waals surface area contributed by atoms with E-state index in [4.69, 9.17) is 5.73 Å². The van der Waals surface area contributed by atoms with Crippen LogP contribution < -0.4 is 11.1 Å². The molecule has 3 N–H and O–H groups in total. The normalized spacial score (nSPS) is 23.9. The lowest BCUT2D eigenvalue weighted by atomic mass is 9.93. The predicted octanol–water partition coefficient (Wildman–Crippen LogP) is 2.57. The highest BCUT2D eigenvalue weighted by Gasteiger charge is 2.25. The Balaban J connectivity index is 1.92. The van der Waals surface area contributed by atoms with Gasteiger partial charge in [0.15, 0.2) is 0 Å². The van der Waals surface area contributed by atoms with Crippen molar-refractivity contribution in [1.29, 1.82) is 0 Å². The largest absolute Gasteiger partial charge is 0.396 e. The molecule has 0 bridgehead atoms. The number of anilines is 2. The smallest absolute Gasteiger partial charge is 0.0743 e. The second-order valence-electron chi connectivity index (χ2n) is 5.88. The third-order valence-corrected chi connectivity index (χ3v) is 4.24. The summed E-state index contributed by atoms with van der Waals surface area (Å²) in [5.74, 6) is 0.611. The molecule has 0 spiro atoms. The molecule has 0 aliphatic carbocycles. The van der Waals surface area contributed by atoms with Gasteiger partial charge in [-0.05, 0) is 32.0 Å². The van der Waals surface area contributed by atoms with Crippen LogP contribution in [0.1, 0.15) is 13.3 Å². The van der Waals surface area contributed by atoms with E-state index in [0.29, 0.717) is 12.0 Å². The van der Waals surface area contributed by atoms with Crippen LogP contribution in [0.3, 0.4) is 0 Å². The Hall–Kier alpha value is -1.81. The molecule has 2 atom stereocenters. The minimum absolute atomic E-state index is 0.472. The van der Waals surface area contributed by atoms with Gasteiger partial charge in [-0.25, -0.2) is 0 Å². The van der Waals surface area contributed by atoms with Crippen LogP contribution in [-0.2, 0) is 0 Å². The van der Waals surface area contributed by atoms with E-state index in [1.54, 1.807) is 6.20 Å². The van der Waals surface area contributed by atoms with Gasteiger partial charge in [-0.3, -0.25) is 4.98 Å². The first-order chi connectivity index (χ1) is 9.65. The van der Waals surface area contributed by atoms with Crippen LogP contribution in [0.2, 0.25) is 0 Å². The van der Waals surface area contributed by atoms with E-state index >= 15 is 0 Å². The quantitative estimate of drug-likeness (QED) is 0.880. The lowest BCUT2D eigenvalue weighted by Crippen LogP contribution is -2.43. The van der Waals surface area contributed by atoms with E-state index in [1.807, 2.05) is 18.2 Å². The molecule has 106 valence electrons. The molecule has 0 saturated carbocycles. The fraction of sp³-hybridized carbons (Fsp3) is 0.438. The molecule has 4 heteroatoms. The maximum absolute atomic E-state index is 6.14. The van der Waals surface area contributed by atoms with Crippen LogP contribution in [0.5, 0.6) is 0 Å². The molecule has 2 unspecified atom stereocenters. The van der Waals surface area contributed by atoms with Gasteiger partial charge in [-0.2, -0.15) is 0 Å². The third-order valence-electron chi connectivity index (χ3n) is 4.24. The molecule has 4 nitrogen and oxygen atoms in total. The molecule has 1 fully saturated rings. The zero-order valence-corrected chi connectivity index (χ0v) is 12.1. The van der Waals surface area contributed by atoms with Crippen molar-refractivity contribution in [1.82, 2.24) is 9.88 Å². The topological polar surface area (TPSA) is 54.2 Å². The van der Waals surface area contributed by atoms with Crippen molar-refractivity contribution < 1.29 is 0 Å². The molecule has 1 aliphatic heterocycles. The van der Waals surface area contributed by atoms with Crippen LogP contribution in [0, 0.1) is 5.92 Å². The van der Waals surface area contributed by atoms with Gasteiger partial charge >= 0.3 is 0 Å². The number of pyridine rings is 1. The summed E-state index contributed by atoms with van der Waals surface area (Å²) in [6, 6.07) is 8.62. The maximum Gasteiger partial charge on any atom is 0.0743 e. The first kappa shape index (κ1) is 13.2. The average Bonchev–Trinajstić information content (AvgIpc) is 2.44. The van der Waals surface area contributed by atoms with Crippen molar-refractivity contribution in [3.05, 3.63) is 30.5 Å². The SMILES string of the molecule is CC1CN(C)CCC1Nc1c(N)cnc2ccccc12. The van der Waals surface area contributed by atoms with Crippen LogP contribution >= 0.6 is 0 Å². The van der Waals surface area contributed by atoms with Gasteiger partial charge in [-0.1, -0.05) is 25.1 Å². The number of hydrogen-bond acceptors (Lipinski definition) is 4. The predicted molar refractivity (Wildman–Crippen MR) is 84.8 cm³/mol. The summed E-state index contributed by atoms with van der Waals surface area (Å²) < 4.78 is 0. The second-order valence-corrected chi connectivity index (χ2v) is 5.88. The molecule has 1 aromatic carbocycles. The Bertz CT molecular complexity index is 610. The number of fused-ring (bicyclic) bond motifs is 1. The molecule has 2 heterocycles. The van der Waals surface area contributed by atoms with E-state index in [1.165, 1.54) is 0 Å². The second kappa shape index (κ2) is 5.29. The lowest BCUT2D eigenvalue weighted by molar-refractivity contribution is 0.206. The molecule has 1 saturated heterocycles. The number of aromatic nitrogens is 1. The maximum atomic E-state index is 6.14. The average molecular weight is 270 g/mol. The molecule has 2 aromatic rings. The highest BCUT2D eigenvalue weighted by molar-refractivity contribution is 5.96. The summed E-state index contributed by atoms with van der Waals surface area (Å²) in [5, 5.41) is 4.78. The fourth-order valence-corrected chi connectivity index (χ4v) is 3.07. The number of para-hydroxylation sites is 1. The molecule has 1 aromatic heterocycles. The first-order valence-corrected chi connectivity index (χ1v) is 7.23. The third kappa shape index (κ3) is 2.43. The summed E-state index contributed by atoms with van der Waals surface area (Å²) in [5.41, 5.74) is 8.90. The van der Waals surface area contributed by atoms with E-state index in [2.05, 4.69) is 35.2 Å². The van der Waals surface area contributed by atoms with Gasteiger partial charge in [0, 0.05) is 18.0 Å². The van der Waals surface area contributed by atoms with Crippen LogP contribution in [-0.4, -0.2) is 36.1 Å². The molecular formula is C16H22N4. The number of nitrogens with one attached hydrogen (secondary N) is 1. The van der Waals surface area contributed by atoms with Gasteiger partial charge in [-0.15, -0.1) is 0 Å². The Kier molecular flexibility index (Phi) is 3.49. The van der Waals surface area contributed by atoms with Crippen molar-refractivity contribution in [3.63, 3.8) is 0 Å². The van der Waals surface area contributed by atoms with E-state index < -0.39 is 0 Å². The van der Waals surface area contributed by atoms with E-state index in [0.717, 1.165) is 41.8 Å². The molecule has 0 radical (unpaired) electrons. The Labute approximate surface area is 120 Å². The van der Waals surface area contributed by atoms with Crippen molar-refractivity contribution in [2.75, 3.05) is 31.2 Å². The molecule has 20 heavy (non-hydrogen) atoms. The number of likely N-dealkylation sites (tertiary alicyclic amines) is 1. The van der Waals surface area contributed by atoms with Crippen molar-refractivity contribution in [3.8, 4) is 0 Å². The number of rotatable bonds is 2. The summed E-state index contributed by atoms with van der Waals surface area (Å²) in [4.78, 5) is 6.78.